The molecule has 0 aromatic heterocycles. The Morgan fingerprint density at radius 3 is 1.89 bits per heavy atom. The zero-order valence-electron chi connectivity index (χ0n) is 39.9. The minimum absolute atomic E-state index is 0.0306. The summed E-state index contributed by atoms with van der Waals surface area (Å²) in [6.07, 6.45) is 33.5. The van der Waals surface area contributed by atoms with Gasteiger partial charge in [-0.15, -0.1) is 0 Å². The van der Waals surface area contributed by atoms with Crippen LogP contribution >= 0.6 is 0 Å². The van der Waals surface area contributed by atoms with Crippen LogP contribution in [-0.2, 0) is 33.3 Å². The van der Waals surface area contributed by atoms with Gasteiger partial charge in [-0.3, -0.25) is 9.59 Å². The topological polar surface area (TPSA) is 121 Å². The maximum Gasteiger partial charge on any atom is 0.508 e. The van der Waals surface area contributed by atoms with Crippen LogP contribution in [0.3, 0.4) is 0 Å². The summed E-state index contributed by atoms with van der Waals surface area (Å²) in [7, 11) is 0. The zero-order chi connectivity index (χ0) is 44.6. The number of unbranched alkanes of at least 4 members (excludes halogenated alkanes) is 16. The quantitative estimate of drug-likeness (QED) is 0.0275. The number of esters is 1. The first-order valence-electron chi connectivity index (χ1n) is 25.2. The van der Waals surface area contributed by atoms with Gasteiger partial charge in [-0.05, 0) is 96.1 Å². The van der Waals surface area contributed by atoms with E-state index in [1.165, 1.54) is 70.6 Å². The van der Waals surface area contributed by atoms with Crippen LogP contribution in [-0.4, -0.2) is 86.6 Å². The van der Waals surface area contributed by atoms with Gasteiger partial charge in [0.25, 0.3) is 0 Å². The Labute approximate surface area is 373 Å². The summed E-state index contributed by atoms with van der Waals surface area (Å²) in [6, 6.07) is 0. The molecule has 1 fully saturated rings. The Morgan fingerprint density at radius 1 is 0.705 bits per heavy atom. The van der Waals surface area contributed by atoms with E-state index in [0.29, 0.717) is 32.7 Å². The van der Waals surface area contributed by atoms with Gasteiger partial charge in [0.05, 0.1) is 25.6 Å². The van der Waals surface area contributed by atoms with E-state index in [4.69, 9.17) is 23.7 Å². The highest BCUT2D eigenvalue weighted by Gasteiger charge is 2.33. The first-order valence-corrected chi connectivity index (χ1v) is 25.2. The average Bonchev–Trinajstić information content (AvgIpc) is 3.26. The van der Waals surface area contributed by atoms with E-state index in [9.17, 15) is 19.5 Å². The van der Waals surface area contributed by atoms with E-state index in [-0.39, 0.29) is 31.3 Å². The standard InChI is InChI=1S/C51H93NO9/c1-6-10-13-16-19-20-21-22-23-24-25-26-29-34-47(46(50(54)55)40-44(5)42-59-51(56)60-43-45-33-32-37-52(9-4)41-45)61-48(53)35-36-49(57-38-30-27-17-14-11-7-2)58-39-31-28-18-15-12-8-3/h19-20,22-23,44-47,49H,6-18,21,24-43H2,1-5H3,(H,54,55)/b20-19-,23-22-. The number of piperidine rings is 1. The molecule has 1 rings (SSSR count). The summed E-state index contributed by atoms with van der Waals surface area (Å²) < 4.78 is 29.3. The number of carbonyl (C=O) groups is 3. The van der Waals surface area contributed by atoms with Crippen molar-refractivity contribution < 1.29 is 43.2 Å². The number of likely N-dealkylation sites (tertiary alicyclic amines) is 1. The number of rotatable bonds is 41. The number of hydrogen-bond donors (Lipinski definition) is 1. The molecule has 0 aliphatic carbocycles. The van der Waals surface area contributed by atoms with Gasteiger partial charge in [-0.25, -0.2) is 4.79 Å². The number of carboxylic acid groups (broad SMARTS) is 1. The second kappa shape index (κ2) is 40.4. The van der Waals surface area contributed by atoms with Crippen LogP contribution in [0.15, 0.2) is 24.3 Å². The fourth-order valence-electron chi connectivity index (χ4n) is 7.94. The van der Waals surface area contributed by atoms with Crippen molar-refractivity contribution in [2.45, 2.75) is 220 Å². The van der Waals surface area contributed by atoms with Crippen LogP contribution < -0.4 is 0 Å². The summed E-state index contributed by atoms with van der Waals surface area (Å²) in [5.74, 6) is -2.37. The van der Waals surface area contributed by atoms with Crippen LogP contribution in [0.4, 0.5) is 4.79 Å². The van der Waals surface area contributed by atoms with Crippen molar-refractivity contribution in [3.05, 3.63) is 24.3 Å². The molecule has 10 heteroatoms. The van der Waals surface area contributed by atoms with Gasteiger partial charge in [0, 0.05) is 32.1 Å². The normalized spacial score (nSPS) is 16.3. The molecule has 0 amide bonds. The lowest BCUT2D eigenvalue weighted by Crippen LogP contribution is -2.37. The second-order valence-corrected chi connectivity index (χ2v) is 17.6. The minimum Gasteiger partial charge on any atom is -0.481 e. The number of aliphatic carboxylic acids is 1. The maximum atomic E-state index is 13.5. The molecule has 0 bridgehead atoms. The fraction of sp³-hybridized carbons (Fsp3) is 0.863. The molecule has 10 nitrogen and oxygen atoms in total. The monoisotopic (exact) mass is 864 g/mol. The highest BCUT2D eigenvalue weighted by molar-refractivity contribution is 5.73. The highest BCUT2D eigenvalue weighted by Crippen LogP contribution is 2.25. The number of carboxylic acids is 1. The van der Waals surface area contributed by atoms with Gasteiger partial charge in [0.15, 0.2) is 6.29 Å². The van der Waals surface area contributed by atoms with Crippen molar-refractivity contribution in [2.24, 2.45) is 17.8 Å². The Hall–Kier alpha value is -2.43. The van der Waals surface area contributed by atoms with Gasteiger partial charge in [-0.2, -0.15) is 0 Å². The third-order valence-corrected chi connectivity index (χ3v) is 11.8. The smallest absolute Gasteiger partial charge is 0.481 e. The summed E-state index contributed by atoms with van der Waals surface area (Å²) in [5, 5.41) is 10.5. The second-order valence-electron chi connectivity index (χ2n) is 17.6. The Morgan fingerprint density at radius 2 is 1.28 bits per heavy atom. The van der Waals surface area contributed by atoms with E-state index in [1.54, 1.807) is 0 Å². The molecular formula is C51H93NO9. The van der Waals surface area contributed by atoms with Crippen LogP contribution in [0, 0.1) is 17.8 Å². The van der Waals surface area contributed by atoms with E-state index >= 15 is 0 Å². The largest absolute Gasteiger partial charge is 0.508 e. The van der Waals surface area contributed by atoms with E-state index < -0.39 is 36.4 Å². The summed E-state index contributed by atoms with van der Waals surface area (Å²) in [4.78, 5) is 41.2. The number of carbonyl (C=O) groups excluding carboxylic acids is 2. The molecular weight excluding hydrogens is 771 g/mol. The van der Waals surface area contributed by atoms with Crippen LogP contribution in [0.5, 0.6) is 0 Å². The maximum absolute atomic E-state index is 13.5. The van der Waals surface area contributed by atoms with Gasteiger partial charge >= 0.3 is 18.1 Å². The molecule has 0 radical (unpaired) electrons. The lowest BCUT2D eigenvalue weighted by atomic mass is 9.88. The molecule has 0 saturated carbocycles. The first-order chi connectivity index (χ1) is 29.7. The third kappa shape index (κ3) is 32.8. The predicted molar refractivity (Wildman–Crippen MR) is 249 cm³/mol. The van der Waals surface area contributed by atoms with E-state index in [2.05, 4.69) is 56.9 Å². The lowest BCUT2D eigenvalue weighted by Gasteiger charge is -2.31. The molecule has 4 unspecified atom stereocenters. The molecule has 1 heterocycles. The fourth-order valence-corrected chi connectivity index (χ4v) is 7.94. The van der Waals surface area contributed by atoms with E-state index in [0.717, 1.165) is 96.7 Å². The molecule has 61 heavy (non-hydrogen) atoms. The van der Waals surface area contributed by atoms with Gasteiger partial charge in [0.2, 0.25) is 0 Å². The van der Waals surface area contributed by atoms with Crippen molar-refractivity contribution in [3.8, 4) is 0 Å². The number of nitrogens with zero attached hydrogens (tertiary/aromatic N) is 1. The van der Waals surface area contributed by atoms with Crippen LogP contribution in [0.25, 0.3) is 0 Å². The molecule has 4 atom stereocenters. The highest BCUT2D eigenvalue weighted by atomic mass is 16.7. The molecule has 1 aliphatic heterocycles. The van der Waals surface area contributed by atoms with Crippen molar-refractivity contribution in [1.82, 2.24) is 4.90 Å². The number of allylic oxidation sites excluding steroid dienone is 4. The van der Waals surface area contributed by atoms with Gasteiger partial charge in [0.1, 0.15) is 6.10 Å². The average molecular weight is 864 g/mol. The summed E-state index contributed by atoms with van der Waals surface area (Å²) in [6.45, 7) is 15.1. The SMILES string of the molecule is CCCCC/C=C\C/C=C\CCCCCC(OC(=O)CCC(OCCCCCCCC)OCCCCCCCC)C(CC(C)COC(=O)OCC1CCCN(CC)C1)C(=O)O. The molecule has 356 valence electrons. The van der Waals surface area contributed by atoms with Crippen molar-refractivity contribution in [3.63, 3.8) is 0 Å². The van der Waals surface area contributed by atoms with Crippen molar-refractivity contribution in [1.29, 1.82) is 0 Å². The molecule has 1 saturated heterocycles. The number of ether oxygens (including phenoxy) is 5. The first kappa shape index (κ1) is 56.6. The van der Waals surface area contributed by atoms with E-state index in [1.807, 2.05) is 6.92 Å². The molecule has 1 aliphatic rings. The van der Waals surface area contributed by atoms with Gasteiger partial charge in [-0.1, -0.05) is 142 Å². The Balaban J connectivity index is 2.82. The Kier molecular flexibility index (Phi) is 37.4. The molecule has 0 aromatic rings. The molecule has 0 aromatic carbocycles. The zero-order valence-corrected chi connectivity index (χ0v) is 39.9. The number of hydrogen-bond acceptors (Lipinski definition) is 9. The third-order valence-electron chi connectivity index (χ3n) is 11.8. The minimum atomic E-state index is -1.02. The predicted octanol–water partition coefficient (Wildman–Crippen LogP) is 13.4. The van der Waals surface area contributed by atoms with Crippen molar-refractivity contribution in [2.75, 3.05) is 46.1 Å². The molecule has 0 spiro atoms. The van der Waals surface area contributed by atoms with Crippen molar-refractivity contribution >= 4 is 18.1 Å². The lowest BCUT2D eigenvalue weighted by molar-refractivity contribution is -0.168. The molecule has 1 N–H and O–H groups in total. The Bertz CT molecular complexity index is 1100. The van der Waals surface area contributed by atoms with Crippen LogP contribution in [0.2, 0.25) is 0 Å². The summed E-state index contributed by atoms with van der Waals surface area (Å²) in [5.41, 5.74) is 0. The van der Waals surface area contributed by atoms with Gasteiger partial charge < -0.3 is 33.7 Å². The summed E-state index contributed by atoms with van der Waals surface area (Å²) >= 11 is 0. The van der Waals surface area contributed by atoms with Crippen LogP contribution in [0.1, 0.15) is 208 Å².